The van der Waals surface area contributed by atoms with Crippen LogP contribution in [0.3, 0.4) is 0 Å². The molecule has 0 amide bonds. The molecule has 0 spiro atoms. The minimum Gasteiger partial charge on any atom is -0.162 e. The average Bonchev–Trinajstić information content (AvgIpc) is 2.35. The Morgan fingerprint density at radius 2 is 1.75 bits per heavy atom. The van der Waals surface area contributed by atoms with Crippen molar-refractivity contribution in [2.45, 2.75) is 19.8 Å². The Morgan fingerprint density at radius 3 is 2.62 bits per heavy atom. The summed E-state index contributed by atoms with van der Waals surface area (Å²) in [7, 11) is 0. The van der Waals surface area contributed by atoms with Crippen LogP contribution in [0.1, 0.15) is 18.9 Å². The van der Waals surface area contributed by atoms with E-state index in [1.807, 2.05) is 0 Å². The molecule has 2 rings (SSSR count). The maximum Gasteiger partial charge on any atom is -0.00268 e. The molecule has 0 aliphatic rings. The quantitative estimate of drug-likeness (QED) is 0.680. The van der Waals surface area contributed by atoms with Crippen molar-refractivity contribution in [3.63, 3.8) is 0 Å². The molecule has 0 unspecified atom stereocenters. The standard InChI is InChI=1S/C15H18S/c1-2-11-16-12-10-14-8-5-7-13-6-3-4-9-15(13)14/h3-9H,2,10-12H2,1H3. The summed E-state index contributed by atoms with van der Waals surface area (Å²) in [6.07, 6.45) is 2.46. The first kappa shape index (κ1) is 11.5. The zero-order valence-electron chi connectivity index (χ0n) is 9.78. The minimum absolute atomic E-state index is 1.19. The molecule has 0 aliphatic carbocycles. The van der Waals surface area contributed by atoms with Gasteiger partial charge < -0.3 is 0 Å². The molecule has 0 radical (unpaired) electrons. The van der Waals surface area contributed by atoms with Gasteiger partial charge in [0.25, 0.3) is 0 Å². The summed E-state index contributed by atoms with van der Waals surface area (Å²) in [5, 5.41) is 2.78. The van der Waals surface area contributed by atoms with Crippen molar-refractivity contribution in [1.29, 1.82) is 0 Å². The van der Waals surface area contributed by atoms with E-state index in [2.05, 4.69) is 61.2 Å². The number of thioether (sulfide) groups is 1. The molecular formula is C15H18S. The SMILES string of the molecule is CCCSCCc1cccc2ccccc12. The fourth-order valence-electron chi connectivity index (χ4n) is 1.94. The molecule has 0 nitrogen and oxygen atoms in total. The Hall–Kier alpha value is -0.950. The van der Waals surface area contributed by atoms with Crippen molar-refractivity contribution in [2.24, 2.45) is 0 Å². The van der Waals surface area contributed by atoms with Gasteiger partial charge in [0.15, 0.2) is 0 Å². The van der Waals surface area contributed by atoms with E-state index >= 15 is 0 Å². The molecule has 0 aliphatic heterocycles. The molecule has 16 heavy (non-hydrogen) atoms. The first-order valence-corrected chi connectivity index (χ1v) is 7.11. The van der Waals surface area contributed by atoms with Crippen LogP contribution in [0, 0.1) is 0 Å². The zero-order valence-corrected chi connectivity index (χ0v) is 10.6. The summed E-state index contributed by atoms with van der Waals surface area (Å²) in [6, 6.07) is 15.3. The summed E-state index contributed by atoms with van der Waals surface area (Å²) >= 11 is 2.06. The highest BCUT2D eigenvalue weighted by atomic mass is 32.2. The minimum atomic E-state index is 1.19. The van der Waals surface area contributed by atoms with Crippen LogP contribution in [0.15, 0.2) is 42.5 Å². The van der Waals surface area contributed by atoms with Crippen molar-refractivity contribution < 1.29 is 0 Å². The number of benzene rings is 2. The second kappa shape index (κ2) is 5.95. The summed E-state index contributed by atoms with van der Waals surface area (Å²) < 4.78 is 0. The van der Waals surface area contributed by atoms with Crippen molar-refractivity contribution in [1.82, 2.24) is 0 Å². The van der Waals surface area contributed by atoms with E-state index in [4.69, 9.17) is 0 Å². The number of fused-ring (bicyclic) bond motifs is 1. The van der Waals surface area contributed by atoms with E-state index in [0.717, 1.165) is 0 Å². The first-order chi connectivity index (χ1) is 7.92. The van der Waals surface area contributed by atoms with Crippen LogP contribution in [0.5, 0.6) is 0 Å². The number of aryl methyl sites for hydroxylation is 1. The maximum atomic E-state index is 2.26. The highest BCUT2D eigenvalue weighted by molar-refractivity contribution is 7.99. The molecule has 0 saturated heterocycles. The molecule has 2 aromatic carbocycles. The summed E-state index contributed by atoms with van der Waals surface area (Å²) in [6.45, 7) is 2.24. The summed E-state index contributed by atoms with van der Waals surface area (Å²) in [5.41, 5.74) is 1.49. The average molecular weight is 230 g/mol. The lowest BCUT2D eigenvalue weighted by Gasteiger charge is -2.06. The Bertz CT molecular complexity index is 443. The lowest BCUT2D eigenvalue weighted by atomic mass is 10.0. The van der Waals surface area contributed by atoms with Gasteiger partial charge in [-0.25, -0.2) is 0 Å². The topological polar surface area (TPSA) is 0 Å². The van der Waals surface area contributed by atoms with Gasteiger partial charge in [-0.1, -0.05) is 49.4 Å². The maximum absolute atomic E-state index is 2.26. The van der Waals surface area contributed by atoms with Crippen molar-refractivity contribution in [3.8, 4) is 0 Å². The van der Waals surface area contributed by atoms with Crippen LogP contribution >= 0.6 is 11.8 Å². The molecule has 2 aromatic rings. The Morgan fingerprint density at radius 1 is 0.938 bits per heavy atom. The Labute approximate surface area is 102 Å². The second-order valence-corrected chi connectivity index (χ2v) is 5.23. The van der Waals surface area contributed by atoms with Gasteiger partial charge in [-0.2, -0.15) is 11.8 Å². The second-order valence-electron chi connectivity index (χ2n) is 4.00. The van der Waals surface area contributed by atoms with Gasteiger partial charge in [0.1, 0.15) is 0 Å². The van der Waals surface area contributed by atoms with Crippen molar-refractivity contribution in [2.75, 3.05) is 11.5 Å². The van der Waals surface area contributed by atoms with Crippen molar-refractivity contribution in [3.05, 3.63) is 48.0 Å². The predicted octanol–water partition coefficient (Wildman–Crippen LogP) is 4.53. The van der Waals surface area contributed by atoms with Gasteiger partial charge in [-0.05, 0) is 40.7 Å². The van der Waals surface area contributed by atoms with Gasteiger partial charge in [-0.3, -0.25) is 0 Å². The lowest BCUT2D eigenvalue weighted by Crippen LogP contribution is -1.91. The van der Waals surface area contributed by atoms with Gasteiger partial charge in [0.05, 0.1) is 0 Å². The van der Waals surface area contributed by atoms with E-state index < -0.39 is 0 Å². The van der Waals surface area contributed by atoms with Crippen LogP contribution in [0.4, 0.5) is 0 Å². The third-order valence-corrected chi connectivity index (χ3v) is 3.93. The zero-order chi connectivity index (χ0) is 11.2. The largest absolute Gasteiger partial charge is 0.162 e. The molecule has 0 heterocycles. The fraction of sp³-hybridized carbons (Fsp3) is 0.333. The molecule has 84 valence electrons. The first-order valence-electron chi connectivity index (χ1n) is 5.96. The predicted molar refractivity (Wildman–Crippen MR) is 75.3 cm³/mol. The summed E-state index contributed by atoms with van der Waals surface area (Å²) in [5.74, 6) is 2.52. The van der Waals surface area contributed by atoms with Gasteiger partial charge in [-0.15, -0.1) is 0 Å². The Kier molecular flexibility index (Phi) is 4.29. The third kappa shape index (κ3) is 2.79. The molecular weight excluding hydrogens is 212 g/mol. The smallest absolute Gasteiger partial charge is 0.00268 e. The van der Waals surface area contributed by atoms with Gasteiger partial charge in [0.2, 0.25) is 0 Å². The van der Waals surface area contributed by atoms with E-state index in [-0.39, 0.29) is 0 Å². The van der Waals surface area contributed by atoms with Crippen LogP contribution in [0.25, 0.3) is 10.8 Å². The Balaban J connectivity index is 2.11. The third-order valence-electron chi connectivity index (χ3n) is 2.74. The van der Waals surface area contributed by atoms with Crippen LogP contribution < -0.4 is 0 Å². The molecule has 0 bridgehead atoms. The molecule has 1 heteroatoms. The van der Waals surface area contributed by atoms with Gasteiger partial charge in [0, 0.05) is 0 Å². The number of hydrogen-bond acceptors (Lipinski definition) is 1. The van der Waals surface area contributed by atoms with E-state index in [1.165, 1.54) is 40.7 Å². The van der Waals surface area contributed by atoms with E-state index in [9.17, 15) is 0 Å². The fourth-order valence-corrected chi connectivity index (χ4v) is 2.80. The number of hydrogen-bond donors (Lipinski definition) is 0. The van der Waals surface area contributed by atoms with Crippen LogP contribution in [-0.2, 0) is 6.42 Å². The summed E-state index contributed by atoms with van der Waals surface area (Å²) in [4.78, 5) is 0. The van der Waals surface area contributed by atoms with E-state index in [1.54, 1.807) is 0 Å². The van der Waals surface area contributed by atoms with E-state index in [0.29, 0.717) is 0 Å². The van der Waals surface area contributed by atoms with Crippen LogP contribution in [-0.4, -0.2) is 11.5 Å². The normalized spacial score (nSPS) is 10.8. The highest BCUT2D eigenvalue weighted by Gasteiger charge is 1.99. The highest BCUT2D eigenvalue weighted by Crippen LogP contribution is 2.20. The van der Waals surface area contributed by atoms with Crippen molar-refractivity contribution >= 4 is 22.5 Å². The molecule has 0 fully saturated rings. The lowest BCUT2D eigenvalue weighted by molar-refractivity contribution is 1.09. The molecule has 0 saturated carbocycles. The monoisotopic (exact) mass is 230 g/mol. The molecule has 0 aromatic heterocycles. The van der Waals surface area contributed by atoms with Gasteiger partial charge >= 0.3 is 0 Å². The van der Waals surface area contributed by atoms with Crippen LogP contribution in [0.2, 0.25) is 0 Å². The molecule has 0 N–H and O–H groups in total. The number of rotatable bonds is 5. The molecule has 0 atom stereocenters.